The molecule has 0 radical (unpaired) electrons. The Morgan fingerprint density at radius 1 is 1.33 bits per heavy atom. The normalized spacial score (nSPS) is 16.2. The molecule has 1 aromatic carbocycles. The molecule has 1 aliphatic rings. The number of benzene rings is 1. The number of carbonyl (C=O) groups is 1. The minimum Gasteiger partial charge on any atom is -0.338 e. The molecule has 0 spiro atoms. The van der Waals surface area contributed by atoms with Crippen molar-refractivity contribution in [2.45, 2.75) is 18.9 Å². The van der Waals surface area contributed by atoms with Gasteiger partial charge < -0.3 is 10.6 Å². The molecule has 1 aliphatic heterocycles. The number of likely N-dealkylation sites (tertiary alicyclic amines) is 1. The Bertz CT molecular complexity index is 647. The van der Waals surface area contributed by atoms with Gasteiger partial charge in [0.15, 0.2) is 0 Å². The second kappa shape index (κ2) is 5.87. The zero-order valence-corrected chi connectivity index (χ0v) is 12.3. The van der Waals surface area contributed by atoms with Crippen LogP contribution in [0.1, 0.15) is 23.2 Å². The molecule has 110 valence electrons. The predicted octanol–water partition coefficient (Wildman–Crippen LogP) is 2.09. The Morgan fingerprint density at radius 2 is 2.10 bits per heavy atom. The molecular formula is C15H17ClN4O. The summed E-state index contributed by atoms with van der Waals surface area (Å²) < 4.78 is 1.66. The molecule has 0 saturated carbocycles. The summed E-state index contributed by atoms with van der Waals surface area (Å²) in [7, 11) is 0. The first-order valence-electron chi connectivity index (χ1n) is 6.99. The number of amides is 1. The molecule has 2 aromatic rings. The molecule has 0 atom stereocenters. The van der Waals surface area contributed by atoms with E-state index in [4.69, 9.17) is 17.3 Å². The van der Waals surface area contributed by atoms with Gasteiger partial charge in [0.05, 0.1) is 17.4 Å². The molecule has 1 amide bonds. The Balaban J connectivity index is 1.77. The quantitative estimate of drug-likeness (QED) is 0.924. The van der Waals surface area contributed by atoms with Gasteiger partial charge in [0, 0.05) is 30.4 Å². The summed E-state index contributed by atoms with van der Waals surface area (Å²) in [6, 6.07) is 7.57. The topological polar surface area (TPSA) is 64.2 Å². The molecule has 0 aliphatic carbocycles. The van der Waals surface area contributed by atoms with E-state index in [1.807, 2.05) is 23.1 Å². The number of aromatic nitrogens is 2. The summed E-state index contributed by atoms with van der Waals surface area (Å²) in [4.78, 5) is 14.3. The van der Waals surface area contributed by atoms with Crippen molar-refractivity contribution in [2.24, 2.45) is 5.73 Å². The van der Waals surface area contributed by atoms with Crippen LogP contribution in [0.5, 0.6) is 0 Å². The van der Waals surface area contributed by atoms with Gasteiger partial charge in [-0.3, -0.25) is 4.79 Å². The Kier molecular flexibility index (Phi) is 3.94. The van der Waals surface area contributed by atoms with Crippen LogP contribution in [-0.4, -0.2) is 39.7 Å². The third-order valence-electron chi connectivity index (χ3n) is 3.73. The summed E-state index contributed by atoms with van der Waals surface area (Å²) in [5.41, 5.74) is 7.29. The Labute approximate surface area is 128 Å². The average Bonchev–Trinajstić information content (AvgIpc) is 2.97. The van der Waals surface area contributed by atoms with Crippen molar-refractivity contribution in [3.8, 4) is 5.69 Å². The standard InChI is InChI=1S/C15H17ClN4O/c16-12-2-1-3-14(8-12)20-10-11(9-18-20)15(21)19-6-4-13(17)5-7-19/h1-3,8-10,13H,4-7,17H2. The maximum absolute atomic E-state index is 12.4. The van der Waals surface area contributed by atoms with Crippen molar-refractivity contribution in [2.75, 3.05) is 13.1 Å². The van der Waals surface area contributed by atoms with Gasteiger partial charge >= 0.3 is 0 Å². The highest BCUT2D eigenvalue weighted by molar-refractivity contribution is 6.30. The van der Waals surface area contributed by atoms with Gasteiger partial charge in [-0.2, -0.15) is 5.10 Å². The van der Waals surface area contributed by atoms with Crippen molar-refractivity contribution in [3.05, 3.63) is 47.2 Å². The fourth-order valence-electron chi connectivity index (χ4n) is 2.48. The highest BCUT2D eigenvalue weighted by Gasteiger charge is 2.22. The number of rotatable bonds is 2. The van der Waals surface area contributed by atoms with Gasteiger partial charge in [-0.05, 0) is 31.0 Å². The molecule has 2 N–H and O–H groups in total. The molecule has 0 unspecified atom stereocenters. The van der Waals surface area contributed by atoms with Gasteiger partial charge in [0.1, 0.15) is 0 Å². The van der Waals surface area contributed by atoms with Crippen LogP contribution < -0.4 is 5.73 Å². The molecule has 0 bridgehead atoms. The van der Waals surface area contributed by atoms with Crippen molar-refractivity contribution in [3.63, 3.8) is 0 Å². The number of hydrogen-bond acceptors (Lipinski definition) is 3. The minimum atomic E-state index is 0.00942. The van der Waals surface area contributed by atoms with Crippen LogP contribution >= 0.6 is 11.6 Å². The third-order valence-corrected chi connectivity index (χ3v) is 3.96. The first kappa shape index (κ1) is 14.1. The van der Waals surface area contributed by atoms with Gasteiger partial charge in [-0.15, -0.1) is 0 Å². The number of piperidine rings is 1. The predicted molar refractivity (Wildman–Crippen MR) is 81.7 cm³/mol. The first-order chi connectivity index (χ1) is 10.1. The molecule has 3 rings (SSSR count). The second-order valence-electron chi connectivity index (χ2n) is 5.28. The number of nitrogens with zero attached hydrogens (tertiary/aromatic N) is 3. The van der Waals surface area contributed by atoms with E-state index in [-0.39, 0.29) is 11.9 Å². The van der Waals surface area contributed by atoms with Crippen molar-refractivity contribution < 1.29 is 4.79 Å². The lowest BCUT2D eigenvalue weighted by molar-refractivity contribution is 0.0715. The van der Waals surface area contributed by atoms with Crippen LogP contribution in [0.25, 0.3) is 5.69 Å². The van der Waals surface area contributed by atoms with Crippen LogP contribution in [0.15, 0.2) is 36.7 Å². The Hall–Kier alpha value is -1.85. The number of hydrogen-bond donors (Lipinski definition) is 1. The number of carbonyl (C=O) groups excluding carboxylic acids is 1. The SMILES string of the molecule is NC1CCN(C(=O)c2cnn(-c3cccc(Cl)c3)c2)CC1. The second-order valence-corrected chi connectivity index (χ2v) is 5.72. The summed E-state index contributed by atoms with van der Waals surface area (Å²) in [5.74, 6) is 0.00942. The van der Waals surface area contributed by atoms with E-state index in [1.165, 1.54) is 0 Å². The lowest BCUT2D eigenvalue weighted by Gasteiger charge is -2.29. The van der Waals surface area contributed by atoms with Crippen molar-refractivity contribution in [1.29, 1.82) is 0 Å². The molecule has 2 heterocycles. The monoisotopic (exact) mass is 304 g/mol. The van der Waals surface area contributed by atoms with Crippen LogP contribution in [0.2, 0.25) is 5.02 Å². The van der Waals surface area contributed by atoms with Gasteiger partial charge in [-0.1, -0.05) is 17.7 Å². The lowest BCUT2D eigenvalue weighted by atomic mass is 10.1. The molecular weight excluding hydrogens is 288 g/mol. The maximum Gasteiger partial charge on any atom is 0.257 e. The zero-order valence-electron chi connectivity index (χ0n) is 11.6. The fraction of sp³-hybridized carbons (Fsp3) is 0.333. The number of nitrogens with two attached hydrogens (primary N) is 1. The van der Waals surface area contributed by atoms with Crippen LogP contribution in [0.3, 0.4) is 0 Å². The molecule has 1 saturated heterocycles. The van der Waals surface area contributed by atoms with Crippen molar-refractivity contribution in [1.82, 2.24) is 14.7 Å². The zero-order chi connectivity index (χ0) is 14.8. The lowest BCUT2D eigenvalue weighted by Crippen LogP contribution is -2.42. The van der Waals surface area contributed by atoms with Crippen molar-refractivity contribution >= 4 is 17.5 Å². The fourth-order valence-corrected chi connectivity index (χ4v) is 2.66. The van der Waals surface area contributed by atoms with Crippen LogP contribution in [-0.2, 0) is 0 Å². The Morgan fingerprint density at radius 3 is 2.81 bits per heavy atom. The molecule has 5 nitrogen and oxygen atoms in total. The van der Waals surface area contributed by atoms with E-state index >= 15 is 0 Å². The molecule has 21 heavy (non-hydrogen) atoms. The summed E-state index contributed by atoms with van der Waals surface area (Å²) in [5, 5.41) is 4.88. The smallest absolute Gasteiger partial charge is 0.257 e. The van der Waals surface area contributed by atoms with Gasteiger partial charge in [0.2, 0.25) is 0 Å². The van der Waals surface area contributed by atoms with E-state index in [0.29, 0.717) is 23.7 Å². The van der Waals surface area contributed by atoms with E-state index < -0.39 is 0 Å². The van der Waals surface area contributed by atoms with Crippen LogP contribution in [0.4, 0.5) is 0 Å². The number of halogens is 1. The highest BCUT2D eigenvalue weighted by Crippen LogP contribution is 2.16. The average molecular weight is 305 g/mol. The molecule has 1 fully saturated rings. The minimum absolute atomic E-state index is 0.00942. The molecule has 1 aromatic heterocycles. The van der Waals surface area contributed by atoms with Gasteiger partial charge in [-0.25, -0.2) is 4.68 Å². The first-order valence-corrected chi connectivity index (χ1v) is 7.37. The van der Waals surface area contributed by atoms with E-state index in [0.717, 1.165) is 18.5 Å². The highest BCUT2D eigenvalue weighted by atomic mass is 35.5. The summed E-state index contributed by atoms with van der Waals surface area (Å²) in [6.07, 6.45) is 5.04. The van der Waals surface area contributed by atoms with Gasteiger partial charge in [0.25, 0.3) is 5.91 Å². The summed E-state index contributed by atoms with van der Waals surface area (Å²) >= 11 is 5.97. The van der Waals surface area contributed by atoms with E-state index in [9.17, 15) is 4.79 Å². The van der Waals surface area contributed by atoms with E-state index in [1.54, 1.807) is 23.1 Å². The van der Waals surface area contributed by atoms with E-state index in [2.05, 4.69) is 5.10 Å². The maximum atomic E-state index is 12.4. The van der Waals surface area contributed by atoms with Crippen LogP contribution in [0, 0.1) is 0 Å². The largest absolute Gasteiger partial charge is 0.338 e. The summed E-state index contributed by atoms with van der Waals surface area (Å²) in [6.45, 7) is 1.42. The third kappa shape index (κ3) is 3.09. The molecule has 6 heteroatoms.